The van der Waals surface area contributed by atoms with Crippen molar-refractivity contribution in [2.75, 3.05) is 0 Å². The van der Waals surface area contributed by atoms with Gasteiger partial charge in [0.1, 0.15) is 0 Å². The van der Waals surface area contributed by atoms with Crippen molar-refractivity contribution in [3.63, 3.8) is 0 Å². The number of hydrogen-bond acceptors (Lipinski definition) is 3. The van der Waals surface area contributed by atoms with Gasteiger partial charge in [-0.2, -0.15) is 13.2 Å². The highest BCUT2D eigenvalue weighted by Gasteiger charge is 2.38. The van der Waals surface area contributed by atoms with E-state index in [-0.39, 0.29) is 11.8 Å². The minimum Gasteiger partial charge on any atom is -0.417 e. The summed E-state index contributed by atoms with van der Waals surface area (Å²) < 4.78 is 42.1. The van der Waals surface area contributed by atoms with E-state index < -0.39 is 12.1 Å². The number of nitrogens with zero attached hydrogens (tertiary/aromatic N) is 2. The summed E-state index contributed by atoms with van der Waals surface area (Å²) in [6.07, 6.45) is 2.16. The molecule has 0 aliphatic heterocycles. The van der Waals surface area contributed by atoms with Gasteiger partial charge in [-0.25, -0.2) is 0 Å². The summed E-state index contributed by atoms with van der Waals surface area (Å²) in [5.41, 5.74) is 0. The maximum Gasteiger partial charge on any atom is 0.470 e. The summed E-state index contributed by atoms with van der Waals surface area (Å²) in [7, 11) is 0. The maximum absolute atomic E-state index is 12.4. The smallest absolute Gasteiger partial charge is 0.417 e. The second kappa shape index (κ2) is 7.50. The Balaban J connectivity index is 2.70. The monoisotopic (exact) mass is 278 g/mol. The molecule has 6 heteroatoms. The molecule has 0 saturated heterocycles. The minimum atomic E-state index is -4.55. The molecule has 1 aromatic rings. The highest BCUT2D eigenvalue weighted by molar-refractivity contribution is 4.93. The zero-order valence-corrected chi connectivity index (χ0v) is 11.5. The standard InChI is InChI=1S/C13H21F3N2O/c1-3-5-7-9-10(8-6-4-2)11-17-18-12(19-11)13(14,15)16/h10H,3-9H2,1-2H3. The van der Waals surface area contributed by atoms with Crippen molar-refractivity contribution < 1.29 is 17.6 Å². The predicted molar refractivity (Wildman–Crippen MR) is 65.7 cm³/mol. The fourth-order valence-corrected chi connectivity index (χ4v) is 2.00. The molecule has 1 aromatic heterocycles. The van der Waals surface area contributed by atoms with Crippen LogP contribution in [0.4, 0.5) is 13.2 Å². The normalized spacial score (nSPS) is 13.7. The van der Waals surface area contributed by atoms with Crippen molar-refractivity contribution in [2.24, 2.45) is 0 Å². The molecule has 0 saturated carbocycles. The van der Waals surface area contributed by atoms with Crippen LogP contribution < -0.4 is 0 Å². The van der Waals surface area contributed by atoms with E-state index in [4.69, 9.17) is 4.42 Å². The van der Waals surface area contributed by atoms with Crippen LogP contribution in [0.3, 0.4) is 0 Å². The molecule has 0 radical (unpaired) electrons. The van der Waals surface area contributed by atoms with E-state index in [1.165, 1.54) is 0 Å². The molecule has 0 N–H and O–H groups in total. The lowest BCUT2D eigenvalue weighted by Crippen LogP contribution is -2.05. The second-order valence-electron chi connectivity index (χ2n) is 4.78. The third-order valence-electron chi connectivity index (χ3n) is 3.09. The fourth-order valence-electron chi connectivity index (χ4n) is 2.00. The van der Waals surface area contributed by atoms with Crippen molar-refractivity contribution in [3.05, 3.63) is 11.8 Å². The van der Waals surface area contributed by atoms with Crippen LogP contribution in [0, 0.1) is 0 Å². The first-order chi connectivity index (χ1) is 8.99. The summed E-state index contributed by atoms with van der Waals surface area (Å²) in [4.78, 5) is 0. The van der Waals surface area contributed by atoms with E-state index in [1.807, 2.05) is 0 Å². The van der Waals surface area contributed by atoms with Gasteiger partial charge in [-0.1, -0.05) is 46.0 Å². The van der Waals surface area contributed by atoms with Crippen LogP contribution in [-0.4, -0.2) is 10.2 Å². The van der Waals surface area contributed by atoms with Gasteiger partial charge in [0.2, 0.25) is 5.89 Å². The highest BCUT2D eigenvalue weighted by Crippen LogP contribution is 2.32. The number of rotatable bonds is 8. The molecular formula is C13H21F3N2O. The van der Waals surface area contributed by atoms with E-state index in [0.717, 1.165) is 44.9 Å². The Labute approximate surface area is 111 Å². The lowest BCUT2D eigenvalue weighted by atomic mass is 9.95. The third kappa shape index (κ3) is 5.20. The van der Waals surface area contributed by atoms with E-state index >= 15 is 0 Å². The third-order valence-corrected chi connectivity index (χ3v) is 3.09. The molecule has 0 fully saturated rings. The van der Waals surface area contributed by atoms with Gasteiger partial charge in [-0.15, -0.1) is 10.2 Å². The Bertz CT molecular complexity index is 363. The van der Waals surface area contributed by atoms with Gasteiger partial charge in [-0.3, -0.25) is 0 Å². The van der Waals surface area contributed by atoms with Crippen LogP contribution in [0.25, 0.3) is 0 Å². The lowest BCUT2D eigenvalue weighted by molar-refractivity contribution is -0.157. The average molecular weight is 278 g/mol. The molecule has 0 aromatic carbocycles. The Morgan fingerprint density at radius 2 is 1.63 bits per heavy atom. The van der Waals surface area contributed by atoms with Crippen LogP contribution in [0.2, 0.25) is 0 Å². The van der Waals surface area contributed by atoms with Gasteiger partial charge >= 0.3 is 12.1 Å². The van der Waals surface area contributed by atoms with Crippen molar-refractivity contribution in [1.29, 1.82) is 0 Å². The first kappa shape index (κ1) is 16.0. The van der Waals surface area contributed by atoms with Crippen LogP contribution in [0.1, 0.15) is 76.5 Å². The number of halogens is 3. The molecule has 1 rings (SSSR count). The lowest BCUT2D eigenvalue weighted by Gasteiger charge is -2.12. The molecule has 110 valence electrons. The van der Waals surface area contributed by atoms with Crippen molar-refractivity contribution in [3.8, 4) is 0 Å². The Morgan fingerprint density at radius 3 is 2.16 bits per heavy atom. The number of hydrogen-bond donors (Lipinski definition) is 0. The van der Waals surface area contributed by atoms with Crippen LogP contribution >= 0.6 is 0 Å². The first-order valence-corrected chi connectivity index (χ1v) is 6.89. The Kier molecular flexibility index (Phi) is 6.31. The molecule has 0 spiro atoms. The van der Waals surface area contributed by atoms with Crippen molar-refractivity contribution in [1.82, 2.24) is 10.2 Å². The van der Waals surface area contributed by atoms with Gasteiger partial charge in [0.15, 0.2) is 0 Å². The fraction of sp³-hybridized carbons (Fsp3) is 0.846. The van der Waals surface area contributed by atoms with Gasteiger partial charge < -0.3 is 4.42 Å². The van der Waals surface area contributed by atoms with E-state index in [0.29, 0.717) is 0 Å². The zero-order valence-electron chi connectivity index (χ0n) is 11.5. The molecule has 0 aliphatic rings. The maximum atomic E-state index is 12.4. The quantitative estimate of drug-likeness (QED) is 0.632. The molecule has 0 bridgehead atoms. The van der Waals surface area contributed by atoms with Crippen LogP contribution in [0.5, 0.6) is 0 Å². The van der Waals surface area contributed by atoms with Gasteiger partial charge in [0.05, 0.1) is 0 Å². The molecule has 0 aliphatic carbocycles. The average Bonchev–Trinajstić information content (AvgIpc) is 2.83. The minimum absolute atomic E-state index is 0.0462. The van der Waals surface area contributed by atoms with Crippen molar-refractivity contribution >= 4 is 0 Å². The summed E-state index contributed by atoms with van der Waals surface area (Å²) in [6, 6.07) is 0. The second-order valence-corrected chi connectivity index (χ2v) is 4.78. The molecule has 3 nitrogen and oxygen atoms in total. The summed E-state index contributed by atoms with van der Waals surface area (Å²) in [5, 5.41) is 6.68. The Hall–Kier alpha value is -1.07. The first-order valence-electron chi connectivity index (χ1n) is 6.89. The van der Waals surface area contributed by atoms with E-state index in [1.54, 1.807) is 0 Å². The summed E-state index contributed by atoms with van der Waals surface area (Å²) in [6.45, 7) is 4.15. The molecule has 0 amide bonds. The largest absolute Gasteiger partial charge is 0.470 e. The van der Waals surface area contributed by atoms with E-state index in [9.17, 15) is 13.2 Å². The van der Waals surface area contributed by atoms with Crippen LogP contribution in [-0.2, 0) is 6.18 Å². The van der Waals surface area contributed by atoms with Crippen LogP contribution in [0.15, 0.2) is 4.42 Å². The number of alkyl halides is 3. The SMILES string of the molecule is CCCCCC(CCCC)c1nnc(C(F)(F)F)o1. The van der Waals surface area contributed by atoms with Gasteiger partial charge in [-0.05, 0) is 12.8 Å². The molecule has 1 atom stereocenters. The number of unbranched alkanes of at least 4 members (excludes halogenated alkanes) is 3. The Morgan fingerprint density at radius 1 is 1.00 bits per heavy atom. The van der Waals surface area contributed by atoms with Crippen molar-refractivity contribution in [2.45, 2.75) is 70.9 Å². The summed E-state index contributed by atoms with van der Waals surface area (Å²) in [5.74, 6) is -1.15. The topological polar surface area (TPSA) is 38.9 Å². The number of aromatic nitrogens is 2. The molecule has 1 unspecified atom stereocenters. The van der Waals surface area contributed by atoms with Gasteiger partial charge in [0, 0.05) is 5.92 Å². The zero-order chi connectivity index (χ0) is 14.3. The summed E-state index contributed by atoms with van der Waals surface area (Å²) >= 11 is 0. The highest BCUT2D eigenvalue weighted by atomic mass is 19.4. The predicted octanol–water partition coefficient (Wildman–Crippen LogP) is 4.94. The molecular weight excluding hydrogens is 257 g/mol. The van der Waals surface area contributed by atoms with E-state index in [2.05, 4.69) is 24.0 Å². The molecule has 19 heavy (non-hydrogen) atoms. The van der Waals surface area contributed by atoms with Gasteiger partial charge in [0.25, 0.3) is 0 Å². The molecule has 1 heterocycles.